The summed E-state index contributed by atoms with van der Waals surface area (Å²) >= 11 is 1.87. The van der Waals surface area contributed by atoms with E-state index in [-0.39, 0.29) is 0 Å². The van der Waals surface area contributed by atoms with Crippen LogP contribution in [0.15, 0.2) is 18.7 Å². The lowest BCUT2D eigenvalue weighted by molar-refractivity contribution is 0.849. The second-order valence-electron chi connectivity index (χ2n) is 3.60. The van der Waals surface area contributed by atoms with E-state index in [0.29, 0.717) is 5.25 Å². The van der Waals surface area contributed by atoms with Crippen LogP contribution in [0.1, 0.15) is 13.3 Å². The third-order valence-electron chi connectivity index (χ3n) is 2.46. The molecule has 86 valence electrons. The van der Waals surface area contributed by atoms with Crippen molar-refractivity contribution in [3.8, 4) is 0 Å². The van der Waals surface area contributed by atoms with E-state index in [9.17, 15) is 0 Å². The predicted molar refractivity (Wildman–Crippen MR) is 66.9 cm³/mol. The number of rotatable bonds is 5. The van der Waals surface area contributed by atoms with Crippen LogP contribution < -0.4 is 5.32 Å². The number of nitrogens with zero attached hydrogens (tertiary/aromatic N) is 4. The van der Waals surface area contributed by atoms with Crippen molar-refractivity contribution in [1.29, 1.82) is 0 Å². The van der Waals surface area contributed by atoms with Gasteiger partial charge in [0.05, 0.1) is 0 Å². The van der Waals surface area contributed by atoms with Gasteiger partial charge in [-0.15, -0.1) is 10.2 Å². The Morgan fingerprint density at radius 1 is 1.56 bits per heavy atom. The van der Waals surface area contributed by atoms with Crippen LogP contribution in [0.4, 0.5) is 5.82 Å². The molecule has 16 heavy (non-hydrogen) atoms. The number of fused-ring (bicyclic) bond motifs is 1. The van der Waals surface area contributed by atoms with Crippen LogP contribution in [0, 0.1) is 0 Å². The number of thioether (sulfide) groups is 1. The van der Waals surface area contributed by atoms with Gasteiger partial charge >= 0.3 is 0 Å². The zero-order chi connectivity index (χ0) is 11.4. The van der Waals surface area contributed by atoms with Crippen molar-refractivity contribution in [1.82, 2.24) is 19.6 Å². The second-order valence-corrected chi connectivity index (χ2v) is 4.88. The van der Waals surface area contributed by atoms with Gasteiger partial charge in [-0.1, -0.05) is 6.92 Å². The molecule has 0 spiro atoms. The molecule has 0 amide bonds. The average molecular weight is 237 g/mol. The molecule has 5 nitrogen and oxygen atoms in total. The van der Waals surface area contributed by atoms with Crippen molar-refractivity contribution in [3.05, 3.63) is 18.7 Å². The van der Waals surface area contributed by atoms with E-state index in [2.05, 4.69) is 33.7 Å². The first-order valence-electron chi connectivity index (χ1n) is 5.22. The predicted octanol–water partition coefficient (Wildman–Crippen LogP) is 1.68. The molecule has 1 N–H and O–H groups in total. The minimum absolute atomic E-state index is 0.658. The Hall–Kier alpha value is -1.30. The van der Waals surface area contributed by atoms with Gasteiger partial charge in [0.15, 0.2) is 5.82 Å². The van der Waals surface area contributed by atoms with Gasteiger partial charge in [0.1, 0.15) is 6.33 Å². The van der Waals surface area contributed by atoms with Crippen molar-refractivity contribution >= 4 is 23.2 Å². The van der Waals surface area contributed by atoms with Crippen LogP contribution >= 0.6 is 11.8 Å². The summed E-state index contributed by atoms with van der Waals surface area (Å²) in [5.74, 6) is 0.799. The third kappa shape index (κ3) is 2.44. The van der Waals surface area contributed by atoms with E-state index in [1.165, 1.54) is 0 Å². The quantitative estimate of drug-likeness (QED) is 0.857. The van der Waals surface area contributed by atoms with E-state index in [1.807, 2.05) is 22.4 Å². The highest BCUT2D eigenvalue weighted by Crippen LogP contribution is 2.12. The molecule has 0 aliphatic carbocycles. The van der Waals surface area contributed by atoms with Gasteiger partial charge in [-0.25, -0.2) is 4.98 Å². The van der Waals surface area contributed by atoms with E-state index >= 15 is 0 Å². The van der Waals surface area contributed by atoms with Crippen LogP contribution in [0.5, 0.6) is 0 Å². The fraction of sp³-hybridized carbons (Fsp3) is 0.500. The fourth-order valence-electron chi connectivity index (χ4n) is 1.40. The number of hydrogen-bond acceptors (Lipinski definition) is 5. The molecule has 0 bridgehead atoms. The van der Waals surface area contributed by atoms with Gasteiger partial charge in [0, 0.05) is 24.2 Å². The Bertz CT molecular complexity index is 455. The van der Waals surface area contributed by atoms with Gasteiger partial charge < -0.3 is 5.32 Å². The van der Waals surface area contributed by atoms with Crippen molar-refractivity contribution in [2.24, 2.45) is 0 Å². The highest BCUT2D eigenvalue weighted by atomic mass is 32.2. The number of nitrogens with one attached hydrogen (secondary N) is 1. The molecule has 2 aromatic rings. The molecule has 2 rings (SSSR count). The molecule has 2 aromatic heterocycles. The maximum absolute atomic E-state index is 4.26. The SMILES string of the molecule is CSC(C)CCNc1nccn2cnnc12. The first-order valence-corrected chi connectivity index (χ1v) is 6.51. The van der Waals surface area contributed by atoms with E-state index < -0.39 is 0 Å². The van der Waals surface area contributed by atoms with Gasteiger partial charge in [-0.05, 0) is 12.7 Å². The summed E-state index contributed by atoms with van der Waals surface area (Å²) < 4.78 is 1.85. The first kappa shape index (κ1) is 11.2. The van der Waals surface area contributed by atoms with Crippen LogP contribution in [0.2, 0.25) is 0 Å². The summed E-state index contributed by atoms with van der Waals surface area (Å²) in [5, 5.41) is 11.8. The van der Waals surface area contributed by atoms with Gasteiger partial charge in [0.2, 0.25) is 5.65 Å². The lowest BCUT2D eigenvalue weighted by atomic mass is 10.3. The molecule has 2 heterocycles. The second kappa shape index (κ2) is 5.16. The van der Waals surface area contributed by atoms with Crippen molar-refractivity contribution in [2.45, 2.75) is 18.6 Å². The molecule has 0 radical (unpaired) electrons. The van der Waals surface area contributed by atoms with E-state index in [1.54, 1.807) is 12.5 Å². The molecule has 1 unspecified atom stereocenters. The lowest BCUT2D eigenvalue weighted by Gasteiger charge is -2.09. The lowest BCUT2D eigenvalue weighted by Crippen LogP contribution is -2.09. The van der Waals surface area contributed by atoms with Crippen molar-refractivity contribution in [2.75, 3.05) is 18.1 Å². The molecule has 0 saturated heterocycles. The highest BCUT2D eigenvalue weighted by molar-refractivity contribution is 7.99. The minimum Gasteiger partial charge on any atom is -0.367 e. The summed E-state index contributed by atoms with van der Waals surface area (Å²) in [6.45, 7) is 3.12. The molecule has 0 aliphatic heterocycles. The van der Waals surface area contributed by atoms with Crippen LogP contribution in [0.3, 0.4) is 0 Å². The Labute approximate surface area is 98.7 Å². The highest BCUT2D eigenvalue weighted by Gasteiger charge is 2.04. The molecular weight excluding hydrogens is 222 g/mol. The molecule has 6 heteroatoms. The topological polar surface area (TPSA) is 55.1 Å². The summed E-state index contributed by atoms with van der Waals surface area (Å²) in [6.07, 6.45) is 8.49. The smallest absolute Gasteiger partial charge is 0.203 e. The Morgan fingerprint density at radius 2 is 2.44 bits per heavy atom. The Kier molecular flexibility index (Phi) is 3.61. The molecule has 0 aromatic carbocycles. The molecule has 0 fully saturated rings. The third-order valence-corrected chi connectivity index (χ3v) is 3.50. The molecule has 0 saturated carbocycles. The minimum atomic E-state index is 0.658. The number of hydrogen-bond donors (Lipinski definition) is 1. The summed E-state index contributed by atoms with van der Waals surface area (Å²) in [4.78, 5) is 4.26. The van der Waals surface area contributed by atoms with Crippen molar-refractivity contribution < 1.29 is 0 Å². The largest absolute Gasteiger partial charge is 0.367 e. The molecular formula is C10H15N5S. The van der Waals surface area contributed by atoms with Crippen molar-refractivity contribution in [3.63, 3.8) is 0 Å². The standard InChI is InChI=1S/C10H15N5S/c1-8(16-2)3-4-11-9-10-14-13-7-15(10)6-5-12-9/h5-8H,3-4H2,1-2H3,(H,11,12). The Balaban J connectivity index is 2.01. The van der Waals surface area contributed by atoms with Crippen LogP contribution in [0.25, 0.3) is 5.65 Å². The molecule has 0 aliphatic rings. The summed E-state index contributed by atoms with van der Waals surface area (Å²) in [7, 11) is 0. The normalized spacial score (nSPS) is 12.9. The van der Waals surface area contributed by atoms with Crippen LogP contribution in [-0.2, 0) is 0 Å². The van der Waals surface area contributed by atoms with E-state index in [4.69, 9.17) is 0 Å². The summed E-state index contributed by atoms with van der Waals surface area (Å²) in [6, 6.07) is 0. The van der Waals surface area contributed by atoms with Gasteiger partial charge in [0.25, 0.3) is 0 Å². The zero-order valence-corrected chi connectivity index (χ0v) is 10.2. The monoisotopic (exact) mass is 237 g/mol. The van der Waals surface area contributed by atoms with E-state index in [0.717, 1.165) is 24.4 Å². The van der Waals surface area contributed by atoms with Gasteiger partial charge in [-0.2, -0.15) is 11.8 Å². The van der Waals surface area contributed by atoms with Gasteiger partial charge in [-0.3, -0.25) is 4.40 Å². The average Bonchev–Trinajstić information content (AvgIpc) is 2.77. The maximum atomic E-state index is 4.26. The number of aromatic nitrogens is 4. The maximum Gasteiger partial charge on any atom is 0.203 e. The summed E-state index contributed by atoms with van der Waals surface area (Å²) in [5.41, 5.74) is 0.777. The first-order chi connectivity index (χ1) is 7.81. The van der Waals surface area contributed by atoms with Crippen LogP contribution in [-0.4, -0.2) is 37.6 Å². The fourth-order valence-corrected chi connectivity index (χ4v) is 1.75. The zero-order valence-electron chi connectivity index (χ0n) is 9.42. The Morgan fingerprint density at radius 3 is 3.25 bits per heavy atom. The number of anilines is 1. The molecule has 1 atom stereocenters.